The third-order valence-corrected chi connectivity index (χ3v) is 3.35. The van der Waals surface area contributed by atoms with Crippen LogP contribution in [-0.2, 0) is 4.79 Å². The van der Waals surface area contributed by atoms with Crippen molar-refractivity contribution in [2.45, 2.75) is 38.6 Å². The van der Waals surface area contributed by atoms with E-state index in [4.69, 9.17) is 5.73 Å². The smallest absolute Gasteiger partial charge is 0.244 e. The summed E-state index contributed by atoms with van der Waals surface area (Å²) < 4.78 is 0. The van der Waals surface area contributed by atoms with Gasteiger partial charge >= 0.3 is 0 Å². The van der Waals surface area contributed by atoms with E-state index < -0.39 is 0 Å². The second-order valence-electron chi connectivity index (χ2n) is 4.75. The Morgan fingerprint density at radius 3 is 2.20 bits per heavy atom. The number of nitrogens with zero attached hydrogens (tertiary/aromatic N) is 1. The molecule has 0 bridgehead atoms. The van der Waals surface area contributed by atoms with Gasteiger partial charge in [0.25, 0.3) is 0 Å². The van der Waals surface area contributed by atoms with Crippen molar-refractivity contribution in [3.05, 3.63) is 11.6 Å². The van der Waals surface area contributed by atoms with E-state index in [2.05, 4.69) is 19.0 Å². The fraction of sp³-hybridized carbons (Fsp3) is 0.750. The number of hydrogen-bond acceptors (Lipinski definition) is 2. The van der Waals surface area contributed by atoms with Crippen LogP contribution in [0.2, 0.25) is 0 Å². The van der Waals surface area contributed by atoms with Crippen molar-refractivity contribution < 1.29 is 4.79 Å². The highest BCUT2D eigenvalue weighted by Crippen LogP contribution is 2.28. The molecule has 1 aliphatic rings. The van der Waals surface area contributed by atoms with Gasteiger partial charge in [-0.3, -0.25) is 4.79 Å². The van der Waals surface area contributed by atoms with Gasteiger partial charge in [-0.2, -0.15) is 0 Å². The average Bonchev–Trinajstić information content (AvgIpc) is 2.18. The lowest BCUT2D eigenvalue weighted by molar-refractivity contribution is -0.114. The molecule has 1 amide bonds. The molecule has 0 atom stereocenters. The molecule has 1 saturated carbocycles. The first-order valence-electron chi connectivity index (χ1n) is 5.65. The van der Waals surface area contributed by atoms with Gasteiger partial charge in [0, 0.05) is 11.6 Å². The molecule has 0 spiro atoms. The monoisotopic (exact) mass is 210 g/mol. The van der Waals surface area contributed by atoms with E-state index in [0.717, 1.165) is 0 Å². The highest BCUT2D eigenvalue weighted by molar-refractivity contribution is 5.91. The first-order valence-corrected chi connectivity index (χ1v) is 5.65. The molecule has 0 aromatic rings. The standard InChI is InChI=1S/C12H22N2O/c1-9(12(13)15)8-10-4-6-11(7-5-10)14(2)3/h8,10-11H,4-7H2,1-3H3,(H2,13,15). The number of amides is 1. The number of carbonyl (C=O) groups excluding carboxylic acids is 1. The van der Waals surface area contributed by atoms with Gasteiger partial charge in [-0.1, -0.05) is 6.08 Å². The molecule has 15 heavy (non-hydrogen) atoms. The third kappa shape index (κ3) is 3.67. The molecule has 0 aromatic carbocycles. The van der Waals surface area contributed by atoms with Crippen LogP contribution in [0.15, 0.2) is 11.6 Å². The van der Waals surface area contributed by atoms with Crippen molar-refractivity contribution >= 4 is 5.91 Å². The number of carbonyl (C=O) groups is 1. The van der Waals surface area contributed by atoms with Gasteiger partial charge in [-0.05, 0) is 52.6 Å². The van der Waals surface area contributed by atoms with Crippen molar-refractivity contribution in [3.8, 4) is 0 Å². The summed E-state index contributed by atoms with van der Waals surface area (Å²) in [6.45, 7) is 1.81. The zero-order chi connectivity index (χ0) is 11.4. The van der Waals surface area contributed by atoms with Gasteiger partial charge in [0.1, 0.15) is 0 Å². The summed E-state index contributed by atoms with van der Waals surface area (Å²) in [5, 5.41) is 0. The van der Waals surface area contributed by atoms with Gasteiger partial charge < -0.3 is 10.6 Å². The highest BCUT2D eigenvalue weighted by Gasteiger charge is 2.21. The van der Waals surface area contributed by atoms with Crippen LogP contribution in [0.5, 0.6) is 0 Å². The summed E-state index contributed by atoms with van der Waals surface area (Å²) in [5.74, 6) is 0.262. The number of rotatable bonds is 3. The summed E-state index contributed by atoms with van der Waals surface area (Å²) in [4.78, 5) is 13.2. The number of primary amides is 1. The van der Waals surface area contributed by atoms with Crippen molar-refractivity contribution in [3.63, 3.8) is 0 Å². The molecule has 0 aliphatic heterocycles. The van der Waals surface area contributed by atoms with Crippen molar-refractivity contribution in [2.24, 2.45) is 11.7 Å². The molecular formula is C12H22N2O. The Balaban J connectivity index is 2.44. The molecule has 0 heterocycles. The van der Waals surface area contributed by atoms with E-state index in [1.807, 2.05) is 6.08 Å². The zero-order valence-corrected chi connectivity index (χ0v) is 9.99. The number of allylic oxidation sites excluding steroid dienone is 1. The maximum absolute atomic E-state index is 10.9. The van der Waals surface area contributed by atoms with Crippen LogP contribution in [0, 0.1) is 5.92 Å². The SMILES string of the molecule is CC(=CC1CCC(N(C)C)CC1)C(N)=O. The fourth-order valence-corrected chi connectivity index (χ4v) is 2.22. The first kappa shape index (κ1) is 12.2. The quantitative estimate of drug-likeness (QED) is 0.718. The van der Waals surface area contributed by atoms with Crippen LogP contribution < -0.4 is 5.73 Å². The predicted molar refractivity (Wildman–Crippen MR) is 62.4 cm³/mol. The molecule has 0 radical (unpaired) electrons. The Morgan fingerprint density at radius 1 is 1.27 bits per heavy atom. The molecule has 3 heteroatoms. The van der Waals surface area contributed by atoms with E-state index in [1.54, 1.807) is 6.92 Å². The van der Waals surface area contributed by atoms with Crippen LogP contribution in [0.4, 0.5) is 0 Å². The third-order valence-electron chi connectivity index (χ3n) is 3.35. The Morgan fingerprint density at radius 2 is 1.80 bits per heavy atom. The molecule has 1 aliphatic carbocycles. The Hall–Kier alpha value is -0.830. The summed E-state index contributed by atoms with van der Waals surface area (Å²) in [6, 6.07) is 0.712. The molecule has 0 aromatic heterocycles. The largest absolute Gasteiger partial charge is 0.366 e. The first-order chi connectivity index (χ1) is 7.00. The normalized spacial score (nSPS) is 28.1. The summed E-state index contributed by atoms with van der Waals surface area (Å²) >= 11 is 0. The Bertz CT molecular complexity index is 250. The Labute approximate surface area is 92.3 Å². The fourth-order valence-electron chi connectivity index (χ4n) is 2.22. The topological polar surface area (TPSA) is 46.3 Å². The van der Waals surface area contributed by atoms with Crippen LogP contribution in [0.25, 0.3) is 0 Å². The van der Waals surface area contributed by atoms with Crippen LogP contribution in [-0.4, -0.2) is 30.9 Å². The second kappa shape index (κ2) is 5.31. The predicted octanol–water partition coefficient (Wildman–Crippen LogP) is 1.54. The maximum atomic E-state index is 10.9. The average molecular weight is 210 g/mol. The minimum atomic E-state index is -0.287. The highest BCUT2D eigenvalue weighted by atomic mass is 16.1. The lowest BCUT2D eigenvalue weighted by Gasteiger charge is -2.31. The lowest BCUT2D eigenvalue weighted by Crippen LogP contribution is -2.31. The van der Waals surface area contributed by atoms with E-state index in [0.29, 0.717) is 17.5 Å². The molecule has 1 fully saturated rings. The molecular weight excluding hydrogens is 188 g/mol. The van der Waals surface area contributed by atoms with E-state index in [9.17, 15) is 4.79 Å². The minimum Gasteiger partial charge on any atom is -0.366 e. The zero-order valence-electron chi connectivity index (χ0n) is 9.99. The summed E-state index contributed by atoms with van der Waals surface area (Å²) in [7, 11) is 4.27. The maximum Gasteiger partial charge on any atom is 0.244 e. The van der Waals surface area contributed by atoms with E-state index in [1.165, 1.54) is 25.7 Å². The number of nitrogens with two attached hydrogens (primary N) is 1. The van der Waals surface area contributed by atoms with E-state index in [-0.39, 0.29) is 5.91 Å². The van der Waals surface area contributed by atoms with Crippen LogP contribution >= 0.6 is 0 Å². The van der Waals surface area contributed by atoms with Crippen LogP contribution in [0.3, 0.4) is 0 Å². The van der Waals surface area contributed by atoms with Gasteiger partial charge in [-0.25, -0.2) is 0 Å². The molecule has 3 nitrogen and oxygen atoms in total. The van der Waals surface area contributed by atoms with Gasteiger partial charge in [0.15, 0.2) is 0 Å². The van der Waals surface area contributed by atoms with Crippen LogP contribution in [0.1, 0.15) is 32.6 Å². The molecule has 86 valence electrons. The lowest BCUT2D eigenvalue weighted by atomic mass is 9.84. The van der Waals surface area contributed by atoms with Gasteiger partial charge in [0.2, 0.25) is 5.91 Å². The Kier molecular flexibility index (Phi) is 4.33. The summed E-state index contributed by atoms with van der Waals surface area (Å²) in [5.41, 5.74) is 5.92. The van der Waals surface area contributed by atoms with Gasteiger partial charge in [0.05, 0.1) is 0 Å². The molecule has 2 N–H and O–H groups in total. The van der Waals surface area contributed by atoms with Crippen molar-refractivity contribution in [2.75, 3.05) is 14.1 Å². The molecule has 0 unspecified atom stereocenters. The van der Waals surface area contributed by atoms with Crippen molar-refractivity contribution in [1.82, 2.24) is 4.90 Å². The molecule has 1 rings (SSSR count). The van der Waals surface area contributed by atoms with Crippen molar-refractivity contribution in [1.29, 1.82) is 0 Å². The number of hydrogen-bond donors (Lipinski definition) is 1. The van der Waals surface area contributed by atoms with Gasteiger partial charge in [-0.15, -0.1) is 0 Å². The van der Waals surface area contributed by atoms with E-state index >= 15 is 0 Å². The molecule has 0 saturated heterocycles. The summed E-state index contributed by atoms with van der Waals surface area (Å²) in [6.07, 6.45) is 6.84. The minimum absolute atomic E-state index is 0.287. The second-order valence-corrected chi connectivity index (χ2v) is 4.75.